The van der Waals surface area contributed by atoms with Gasteiger partial charge in [0.05, 0.1) is 13.0 Å². The lowest BCUT2D eigenvalue weighted by atomic mass is 10.0. The molecule has 2 saturated heterocycles. The maximum absolute atomic E-state index is 14.6. The minimum absolute atomic E-state index is 0.00996. The van der Waals surface area contributed by atoms with Gasteiger partial charge in [-0.15, -0.1) is 0 Å². The van der Waals surface area contributed by atoms with E-state index in [4.69, 9.17) is 27.0 Å². The summed E-state index contributed by atoms with van der Waals surface area (Å²) in [5, 5.41) is 27.1. The Bertz CT molecular complexity index is 2310. The van der Waals surface area contributed by atoms with Crippen LogP contribution in [0.25, 0.3) is 0 Å². The predicted octanol–water partition coefficient (Wildman–Crippen LogP) is -1.58. The van der Waals surface area contributed by atoms with Crippen molar-refractivity contribution in [2.24, 2.45) is 17.2 Å². The number of amides is 10. The fraction of sp³-hybridized carbons (Fsp3) is 0.531. The molecule has 0 saturated carbocycles. The van der Waals surface area contributed by atoms with Crippen LogP contribution < -0.4 is 59.2 Å². The molecule has 26 heteroatoms. The fourth-order valence-electron chi connectivity index (χ4n) is 8.07. The number of carbonyl (C=O) groups excluding carboxylic acids is 10. The van der Waals surface area contributed by atoms with Gasteiger partial charge in [-0.05, 0) is 74.8 Å². The van der Waals surface area contributed by atoms with Gasteiger partial charge in [0.25, 0.3) is 0 Å². The summed E-state index contributed by atoms with van der Waals surface area (Å²) >= 11 is 0. The number of carbonyl (C=O) groups is 11. The van der Waals surface area contributed by atoms with Gasteiger partial charge in [-0.2, -0.15) is 0 Å². The maximum Gasteiger partial charge on any atom is 0.322 e. The molecular formula is C49H69N11O13S2. The van der Waals surface area contributed by atoms with Crippen molar-refractivity contribution >= 4 is 86.6 Å². The zero-order valence-corrected chi connectivity index (χ0v) is 43.4. The van der Waals surface area contributed by atoms with Crippen LogP contribution in [-0.2, 0) is 65.6 Å². The molecule has 2 aliphatic heterocycles. The second-order valence-corrected chi connectivity index (χ2v) is 20.6. The topological polar surface area (TPSA) is 383 Å². The van der Waals surface area contributed by atoms with E-state index in [-0.39, 0.29) is 50.2 Å². The summed E-state index contributed by atoms with van der Waals surface area (Å²) in [6, 6.07) is 5.86. The second kappa shape index (κ2) is 31.7. The average molecular weight is 1080 g/mol. The third kappa shape index (κ3) is 21.1. The van der Waals surface area contributed by atoms with Crippen LogP contribution >= 0.6 is 21.6 Å². The van der Waals surface area contributed by atoms with Crippen LogP contribution in [0.15, 0.2) is 54.6 Å². The SMILES string of the molecule is CCCOc1ccc(C[C@@H]2NC(=O)CCSSC[C@@H](C(=O)N3CCC[C@H]3C(=O)N[C@@H](CCCCN)C(=O)NCC(=O)O)NC(=O)[C@H](CC(N)=O)NC(=O)[C@H](CCC(N)=O)NC(=O)[C@H](Cc3ccccc3)NC2=O)cc1. The highest BCUT2D eigenvalue weighted by Gasteiger charge is 2.40. The van der Waals surface area contributed by atoms with Gasteiger partial charge in [0.2, 0.25) is 59.1 Å². The molecule has 7 atom stereocenters. The van der Waals surface area contributed by atoms with Crippen LogP contribution in [0.2, 0.25) is 0 Å². The number of hydrogen-bond donors (Lipinski definition) is 11. The van der Waals surface area contributed by atoms with E-state index in [1.165, 1.54) is 4.90 Å². The Morgan fingerprint density at radius 1 is 0.787 bits per heavy atom. The first kappa shape index (κ1) is 60.6. The third-order valence-corrected chi connectivity index (χ3v) is 14.3. The molecule has 10 amide bonds. The Morgan fingerprint density at radius 2 is 1.41 bits per heavy atom. The lowest BCUT2D eigenvalue weighted by Gasteiger charge is -2.31. The number of likely N-dealkylation sites (tertiary alicyclic amines) is 1. The van der Waals surface area contributed by atoms with E-state index in [0.29, 0.717) is 49.3 Å². The Kier molecular flexibility index (Phi) is 25.6. The highest BCUT2D eigenvalue weighted by Crippen LogP contribution is 2.26. The number of carboxylic acid groups (broad SMARTS) is 1. The first-order valence-corrected chi connectivity index (χ1v) is 27.3. The molecule has 0 unspecified atom stereocenters. The number of nitrogens with one attached hydrogen (secondary N) is 7. The van der Waals surface area contributed by atoms with Gasteiger partial charge in [0.15, 0.2) is 0 Å². The van der Waals surface area contributed by atoms with Crippen LogP contribution in [0.4, 0.5) is 0 Å². The van der Waals surface area contributed by atoms with Crippen LogP contribution in [0, 0.1) is 0 Å². The molecule has 0 spiro atoms. The van der Waals surface area contributed by atoms with E-state index in [1.54, 1.807) is 54.6 Å². The number of nitrogens with zero attached hydrogens (tertiary/aromatic N) is 1. The Balaban J connectivity index is 1.69. The van der Waals surface area contributed by atoms with Gasteiger partial charge in [-0.3, -0.25) is 52.7 Å². The first-order valence-electron chi connectivity index (χ1n) is 24.8. The third-order valence-electron chi connectivity index (χ3n) is 11.9. The highest BCUT2D eigenvalue weighted by atomic mass is 33.1. The number of ether oxygens (including phenoxy) is 1. The first-order chi connectivity index (χ1) is 35.9. The minimum Gasteiger partial charge on any atom is -0.494 e. The Labute approximate surface area is 442 Å². The molecule has 0 aliphatic carbocycles. The van der Waals surface area contributed by atoms with Crippen molar-refractivity contribution in [3.63, 3.8) is 0 Å². The molecule has 14 N–H and O–H groups in total. The monoisotopic (exact) mass is 1080 g/mol. The molecule has 0 radical (unpaired) electrons. The van der Waals surface area contributed by atoms with E-state index in [9.17, 15) is 52.7 Å². The van der Waals surface area contributed by atoms with Crippen molar-refractivity contribution in [2.75, 3.05) is 37.7 Å². The number of aliphatic carboxylic acids is 1. The largest absolute Gasteiger partial charge is 0.494 e. The lowest BCUT2D eigenvalue weighted by molar-refractivity contribution is -0.142. The van der Waals surface area contributed by atoms with Gasteiger partial charge in [0.1, 0.15) is 54.6 Å². The lowest BCUT2D eigenvalue weighted by Crippen LogP contribution is -2.61. The molecule has 2 fully saturated rings. The summed E-state index contributed by atoms with van der Waals surface area (Å²) < 4.78 is 5.71. The molecule has 4 rings (SSSR count). The predicted molar refractivity (Wildman–Crippen MR) is 278 cm³/mol. The van der Waals surface area contributed by atoms with Crippen molar-refractivity contribution < 1.29 is 62.6 Å². The van der Waals surface area contributed by atoms with E-state index >= 15 is 0 Å². The number of hydrogen-bond acceptors (Lipinski definition) is 15. The van der Waals surface area contributed by atoms with E-state index in [2.05, 4.69) is 37.2 Å². The zero-order chi connectivity index (χ0) is 54.9. The van der Waals surface area contributed by atoms with Crippen molar-refractivity contribution in [3.05, 3.63) is 65.7 Å². The van der Waals surface area contributed by atoms with Gasteiger partial charge < -0.3 is 69.2 Å². The van der Waals surface area contributed by atoms with Gasteiger partial charge in [0, 0.05) is 43.7 Å². The molecule has 2 aromatic carbocycles. The summed E-state index contributed by atoms with van der Waals surface area (Å²) in [4.78, 5) is 149. The Hall–Kier alpha value is -6.93. The number of unbranched alkanes of at least 4 members (excludes halogenated alkanes) is 1. The van der Waals surface area contributed by atoms with Crippen LogP contribution in [0.1, 0.15) is 82.3 Å². The Morgan fingerprint density at radius 3 is 2.05 bits per heavy atom. The van der Waals surface area contributed by atoms with Crippen molar-refractivity contribution in [2.45, 2.75) is 126 Å². The summed E-state index contributed by atoms with van der Waals surface area (Å²) in [7, 11) is 2.24. The van der Waals surface area contributed by atoms with Crippen molar-refractivity contribution in [1.29, 1.82) is 0 Å². The van der Waals surface area contributed by atoms with Crippen molar-refractivity contribution in [3.8, 4) is 5.75 Å². The number of carboxylic acids is 1. The van der Waals surface area contributed by atoms with Gasteiger partial charge >= 0.3 is 5.97 Å². The smallest absolute Gasteiger partial charge is 0.322 e. The molecular weight excluding hydrogens is 1010 g/mol. The standard InChI is InChI=1S/C49H69N11O13S2/c1-2-22-73-31-15-13-30(14-16-31)25-34-45(68)57-35(24-29-9-4-3-5-10-29)46(69)55-33(17-18-39(51)61)44(67)58-36(26-40(52)62)47(70)59-37(28-75-74-23-19-41(63)54-34)49(72)60-21-8-12-38(60)48(71)56-32(11-6-7-20-50)43(66)53-27-42(64)65/h3-5,9-10,13-16,32-38H,2,6-8,11-12,17-28,50H2,1H3,(H2,51,61)(H2,52,62)(H,53,66)(H,54,63)(H,55,69)(H,56,71)(H,57,68)(H,58,67)(H,59,70)(H,64,65)/t32-,33-,34-,35-,36-,37-,38-/m0/s1. The van der Waals surface area contributed by atoms with Crippen LogP contribution in [0.5, 0.6) is 5.75 Å². The number of primary amides is 2. The number of nitrogens with two attached hydrogens (primary N) is 3. The molecule has 2 heterocycles. The molecule has 0 bridgehead atoms. The zero-order valence-electron chi connectivity index (χ0n) is 41.8. The number of rotatable bonds is 22. The summed E-state index contributed by atoms with van der Waals surface area (Å²) in [5.74, 6) is -9.12. The summed E-state index contributed by atoms with van der Waals surface area (Å²) in [6.45, 7) is 2.10. The molecule has 2 aliphatic rings. The summed E-state index contributed by atoms with van der Waals surface area (Å²) in [6.07, 6.45) is 0.454. The normalized spacial score (nSPS) is 21.7. The molecule has 75 heavy (non-hydrogen) atoms. The maximum atomic E-state index is 14.6. The van der Waals surface area contributed by atoms with Crippen LogP contribution in [-0.4, -0.2) is 155 Å². The van der Waals surface area contributed by atoms with E-state index in [0.717, 1.165) is 28.0 Å². The van der Waals surface area contributed by atoms with E-state index < -0.39 is 133 Å². The molecule has 24 nitrogen and oxygen atoms in total. The minimum atomic E-state index is -1.76. The highest BCUT2D eigenvalue weighted by molar-refractivity contribution is 8.76. The van der Waals surface area contributed by atoms with Crippen LogP contribution in [0.3, 0.4) is 0 Å². The fourth-order valence-corrected chi connectivity index (χ4v) is 10.2. The summed E-state index contributed by atoms with van der Waals surface area (Å²) in [5.41, 5.74) is 17.9. The van der Waals surface area contributed by atoms with Gasteiger partial charge in [-0.1, -0.05) is 71.0 Å². The van der Waals surface area contributed by atoms with Gasteiger partial charge in [-0.25, -0.2) is 0 Å². The quantitative estimate of drug-likeness (QED) is 0.0468. The average Bonchev–Trinajstić information content (AvgIpc) is 3.87. The van der Waals surface area contributed by atoms with Crippen molar-refractivity contribution in [1.82, 2.24) is 42.1 Å². The number of benzene rings is 2. The molecule has 410 valence electrons. The molecule has 0 aromatic heterocycles. The molecule has 2 aromatic rings. The second-order valence-electron chi connectivity index (χ2n) is 17.9. The van der Waals surface area contributed by atoms with E-state index in [1.807, 2.05) is 6.92 Å².